The lowest BCUT2D eigenvalue weighted by molar-refractivity contribution is 1.30. The molecular formula is C19H11Cl2N5S. The van der Waals surface area contributed by atoms with Crippen LogP contribution in [0.4, 0.5) is 0 Å². The average Bonchev–Trinajstić information content (AvgIpc) is 3.40. The van der Waals surface area contributed by atoms with Crippen LogP contribution < -0.4 is 0 Å². The summed E-state index contributed by atoms with van der Waals surface area (Å²) in [4.78, 5) is 21.5. The summed E-state index contributed by atoms with van der Waals surface area (Å²) in [7, 11) is 0. The summed E-state index contributed by atoms with van der Waals surface area (Å²) in [6.07, 6.45) is 6.97. The first-order valence-electron chi connectivity index (χ1n) is 8.08. The molecule has 5 aromatic rings. The number of fused-ring (bicyclic) bond motifs is 1. The van der Waals surface area contributed by atoms with Crippen LogP contribution in [0.25, 0.3) is 43.4 Å². The van der Waals surface area contributed by atoms with Gasteiger partial charge in [0.15, 0.2) is 5.65 Å². The summed E-state index contributed by atoms with van der Waals surface area (Å²) < 4.78 is 0. The number of H-pyrrole nitrogens is 2. The first-order chi connectivity index (χ1) is 13.2. The minimum atomic E-state index is 0.597. The number of aromatic nitrogens is 5. The molecule has 2 N–H and O–H groups in total. The Kier molecular flexibility index (Phi) is 3.97. The second kappa shape index (κ2) is 6.49. The summed E-state index contributed by atoms with van der Waals surface area (Å²) in [5.74, 6) is 0.791. The molecule has 0 aliphatic heterocycles. The van der Waals surface area contributed by atoms with Crippen LogP contribution in [0.5, 0.6) is 0 Å². The average molecular weight is 412 g/mol. The monoisotopic (exact) mass is 411 g/mol. The van der Waals surface area contributed by atoms with Gasteiger partial charge in [-0.15, -0.1) is 11.3 Å². The van der Waals surface area contributed by atoms with Crippen molar-refractivity contribution in [3.8, 4) is 32.3 Å². The van der Waals surface area contributed by atoms with Crippen LogP contribution in [0, 0.1) is 0 Å². The maximum atomic E-state index is 6.49. The zero-order chi connectivity index (χ0) is 18.4. The summed E-state index contributed by atoms with van der Waals surface area (Å²) in [5, 5.41) is 1.20. The van der Waals surface area contributed by atoms with Crippen LogP contribution in [0.15, 0.2) is 55.2 Å². The van der Waals surface area contributed by atoms with E-state index in [1.807, 2.05) is 18.2 Å². The first kappa shape index (κ1) is 16.5. The van der Waals surface area contributed by atoms with Crippen molar-refractivity contribution < 1.29 is 0 Å². The van der Waals surface area contributed by atoms with E-state index < -0.39 is 0 Å². The number of hydrogen-bond acceptors (Lipinski definition) is 4. The number of thiophene rings is 1. The van der Waals surface area contributed by atoms with Crippen molar-refractivity contribution in [1.82, 2.24) is 24.9 Å². The lowest BCUT2D eigenvalue weighted by Gasteiger charge is -2.05. The van der Waals surface area contributed by atoms with E-state index >= 15 is 0 Å². The van der Waals surface area contributed by atoms with Crippen molar-refractivity contribution >= 4 is 45.7 Å². The number of rotatable bonds is 3. The van der Waals surface area contributed by atoms with Gasteiger partial charge in [0.05, 0.1) is 11.2 Å². The van der Waals surface area contributed by atoms with Crippen molar-refractivity contribution in [2.24, 2.45) is 0 Å². The highest BCUT2D eigenvalue weighted by molar-refractivity contribution is 7.19. The number of imidazole rings is 2. The van der Waals surface area contributed by atoms with Gasteiger partial charge >= 0.3 is 0 Å². The fourth-order valence-electron chi connectivity index (χ4n) is 3.04. The third kappa shape index (κ3) is 2.82. The van der Waals surface area contributed by atoms with Crippen LogP contribution in [-0.2, 0) is 0 Å². The quantitative estimate of drug-likeness (QED) is 0.379. The van der Waals surface area contributed by atoms with Gasteiger partial charge in [-0.1, -0.05) is 29.3 Å². The number of pyridine rings is 1. The Morgan fingerprint density at radius 1 is 0.852 bits per heavy atom. The lowest BCUT2D eigenvalue weighted by Crippen LogP contribution is -1.83. The minimum Gasteiger partial charge on any atom is -0.344 e. The molecule has 0 amide bonds. The molecule has 27 heavy (non-hydrogen) atoms. The van der Waals surface area contributed by atoms with Gasteiger partial charge in [0, 0.05) is 50.2 Å². The highest BCUT2D eigenvalue weighted by atomic mass is 35.5. The van der Waals surface area contributed by atoms with Crippen LogP contribution in [0.1, 0.15) is 0 Å². The number of nitrogens with zero attached hydrogens (tertiary/aromatic N) is 3. The topological polar surface area (TPSA) is 70.2 Å². The zero-order valence-corrected chi connectivity index (χ0v) is 16.0. The van der Waals surface area contributed by atoms with Gasteiger partial charge in [-0.25, -0.2) is 15.0 Å². The van der Waals surface area contributed by atoms with Crippen molar-refractivity contribution in [2.75, 3.05) is 0 Å². The van der Waals surface area contributed by atoms with E-state index in [0.717, 1.165) is 43.4 Å². The van der Waals surface area contributed by atoms with Crippen LogP contribution in [0.3, 0.4) is 0 Å². The van der Waals surface area contributed by atoms with Crippen molar-refractivity contribution in [1.29, 1.82) is 0 Å². The molecule has 1 aromatic carbocycles. The van der Waals surface area contributed by atoms with Gasteiger partial charge < -0.3 is 9.97 Å². The molecule has 0 unspecified atom stereocenters. The van der Waals surface area contributed by atoms with E-state index in [2.05, 4.69) is 31.0 Å². The molecule has 4 heterocycles. The zero-order valence-electron chi connectivity index (χ0n) is 13.7. The normalized spacial score (nSPS) is 11.3. The second-order valence-electron chi connectivity index (χ2n) is 5.87. The molecule has 8 heteroatoms. The summed E-state index contributed by atoms with van der Waals surface area (Å²) >= 11 is 14.2. The van der Waals surface area contributed by atoms with Crippen molar-refractivity contribution in [3.05, 3.63) is 65.3 Å². The lowest BCUT2D eigenvalue weighted by atomic mass is 10.0. The Bertz CT molecular complexity index is 1260. The molecule has 5 rings (SSSR count). The van der Waals surface area contributed by atoms with Gasteiger partial charge in [0.2, 0.25) is 0 Å². The number of hydrogen-bond donors (Lipinski definition) is 2. The molecule has 0 radical (unpaired) electrons. The number of benzene rings is 1. The van der Waals surface area contributed by atoms with Gasteiger partial charge in [0.25, 0.3) is 0 Å². The number of nitrogens with one attached hydrogen (secondary N) is 2. The van der Waals surface area contributed by atoms with Gasteiger partial charge in [-0.2, -0.15) is 0 Å². The minimum absolute atomic E-state index is 0.597. The SMILES string of the molecule is Clc1ccc(-c2cc(-c3ccnc4[nH]cnc34)sc2-c2ncc[nH]2)c(Cl)c1. The van der Waals surface area contributed by atoms with E-state index in [-0.39, 0.29) is 0 Å². The number of halogens is 2. The molecule has 0 spiro atoms. The largest absolute Gasteiger partial charge is 0.344 e. The molecule has 0 bridgehead atoms. The molecule has 4 aromatic heterocycles. The Morgan fingerprint density at radius 2 is 1.78 bits per heavy atom. The van der Waals surface area contributed by atoms with Gasteiger partial charge in [-0.05, 0) is 24.3 Å². The highest BCUT2D eigenvalue weighted by Crippen LogP contribution is 2.45. The van der Waals surface area contributed by atoms with E-state index in [1.54, 1.807) is 42.3 Å². The summed E-state index contributed by atoms with van der Waals surface area (Å²) in [5.41, 5.74) is 4.50. The molecule has 132 valence electrons. The first-order valence-corrected chi connectivity index (χ1v) is 9.65. The van der Waals surface area contributed by atoms with Crippen LogP contribution in [-0.4, -0.2) is 24.9 Å². The molecule has 5 nitrogen and oxygen atoms in total. The Labute approximate surface area is 168 Å². The van der Waals surface area contributed by atoms with E-state index in [1.165, 1.54) is 0 Å². The predicted molar refractivity (Wildman–Crippen MR) is 110 cm³/mol. The van der Waals surface area contributed by atoms with Crippen molar-refractivity contribution in [3.63, 3.8) is 0 Å². The van der Waals surface area contributed by atoms with Crippen molar-refractivity contribution in [2.45, 2.75) is 0 Å². The maximum Gasteiger partial charge on any atom is 0.157 e. The van der Waals surface area contributed by atoms with Crippen LogP contribution >= 0.6 is 34.5 Å². The molecule has 0 atom stereocenters. The summed E-state index contributed by atoms with van der Waals surface area (Å²) in [6, 6.07) is 9.60. The Morgan fingerprint density at radius 3 is 2.59 bits per heavy atom. The van der Waals surface area contributed by atoms with Crippen LogP contribution in [0.2, 0.25) is 10.0 Å². The smallest absolute Gasteiger partial charge is 0.157 e. The predicted octanol–water partition coefficient (Wildman–Crippen LogP) is 6.05. The summed E-state index contributed by atoms with van der Waals surface area (Å²) in [6.45, 7) is 0. The number of aromatic amines is 2. The third-order valence-corrected chi connectivity index (χ3v) is 5.97. The molecule has 0 saturated carbocycles. The molecule has 0 saturated heterocycles. The standard InChI is InChI=1S/C19H11Cl2N5S/c20-10-1-2-11(14(21)7-10)13-8-15(27-17(13)19-23-5-6-24-19)12-3-4-22-18-16(12)25-9-26-18/h1-9H,(H,23,24)(H,22,25,26). The fourth-order valence-corrected chi connectivity index (χ4v) is 4.71. The van der Waals surface area contributed by atoms with Gasteiger partial charge in [-0.3, -0.25) is 0 Å². The third-order valence-electron chi connectivity index (χ3n) is 4.25. The van der Waals surface area contributed by atoms with E-state index in [4.69, 9.17) is 23.2 Å². The van der Waals surface area contributed by atoms with E-state index in [0.29, 0.717) is 10.0 Å². The Balaban J connectivity index is 1.77. The molecular weight excluding hydrogens is 401 g/mol. The highest BCUT2D eigenvalue weighted by Gasteiger charge is 2.19. The van der Waals surface area contributed by atoms with E-state index in [9.17, 15) is 0 Å². The second-order valence-corrected chi connectivity index (χ2v) is 7.77. The maximum absolute atomic E-state index is 6.49. The Hall–Kier alpha value is -2.67. The van der Waals surface area contributed by atoms with Gasteiger partial charge in [0.1, 0.15) is 11.3 Å². The molecule has 0 fully saturated rings. The molecule has 0 aliphatic carbocycles. The fraction of sp³-hybridized carbons (Fsp3) is 0. The molecule has 0 aliphatic rings.